The van der Waals surface area contributed by atoms with Crippen molar-refractivity contribution in [2.45, 2.75) is 32.9 Å². The van der Waals surface area contributed by atoms with Crippen molar-refractivity contribution in [1.29, 1.82) is 0 Å². The Labute approximate surface area is 128 Å². The molecule has 21 heavy (non-hydrogen) atoms. The molecule has 0 bridgehead atoms. The third-order valence-electron chi connectivity index (χ3n) is 3.06. The van der Waals surface area contributed by atoms with Crippen molar-refractivity contribution in [2.75, 3.05) is 34.4 Å². The molecular formula is C16H28N2O3. The van der Waals surface area contributed by atoms with Gasteiger partial charge in [0.25, 0.3) is 0 Å². The number of hydrogen-bond acceptors (Lipinski definition) is 5. The average molecular weight is 296 g/mol. The fraction of sp³-hybridized carbons (Fsp3) is 0.625. The zero-order valence-electron chi connectivity index (χ0n) is 14.0. The van der Waals surface area contributed by atoms with Crippen molar-refractivity contribution >= 4 is 0 Å². The fourth-order valence-electron chi connectivity index (χ4n) is 1.98. The quantitative estimate of drug-likeness (QED) is 0.720. The first-order valence-electron chi connectivity index (χ1n) is 7.16. The van der Waals surface area contributed by atoms with Gasteiger partial charge in [0, 0.05) is 36.8 Å². The van der Waals surface area contributed by atoms with E-state index >= 15 is 0 Å². The van der Waals surface area contributed by atoms with Gasteiger partial charge in [-0.1, -0.05) is 0 Å². The van der Waals surface area contributed by atoms with Gasteiger partial charge in [-0.3, -0.25) is 0 Å². The molecule has 0 aliphatic rings. The largest absolute Gasteiger partial charge is 0.496 e. The average Bonchev–Trinajstić information content (AvgIpc) is 2.44. The minimum absolute atomic E-state index is 0.142. The van der Waals surface area contributed by atoms with Crippen LogP contribution in [0.5, 0.6) is 17.2 Å². The third kappa shape index (κ3) is 5.81. The first kappa shape index (κ1) is 17.6. The molecule has 120 valence electrons. The molecule has 0 unspecified atom stereocenters. The summed E-state index contributed by atoms with van der Waals surface area (Å²) < 4.78 is 16.0. The molecule has 1 aromatic carbocycles. The summed E-state index contributed by atoms with van der Waals surface area (Å²) in [6.07, 6.45) is 0. The van der Waals surface area contributed by atoms with Crippen LogP contribution in [-0.2, 0) is 6.54 Å². The van der Waals surface area contributed by atoms with Gasteiger partial charge in [0.1, 0.15) is 5.75 Å². The Morgan fingerprint density at radius 3 is 1.95 bits per heavy atom. The Balaban J connectivity index is 2.61. The predicted octanol–water partition coefficient (Wildman–Crippen LogP) is 2.19. The fourth-order valence-corrected chi connectivity index (χ4v) is 1.98. The summed E-state index contributed by atoms with van der Waals surface area (Å²) in [7, 11) is 4.91. The highest BCUT2D eigenvalue weighted by Crippen LogP contribution is 2.34. The summed E-state index contributed by atoms with van der Waals surface area (Å²) in [6.45, 7) is 8.99. The molecule has 5 nitrogen and oxygen atoms in total. The molecule has 0 fully saturated rings. The predicted molar refractivity (Wildman–Crippen MR) is 85.6 cm³/mol. The van der Waals surface area contributed by atoms with Crippen LogP contribution in [0.3, 0.4) is 0 Å². The summed E-state index contributed by atoms with van der Waals surface area (Å²) in [5.41, 5.74) is 1.19. The molecule has 0 saturated heterocycles. The maximum atomic E-state index is 5.41. The van der Waals surface area contributed by atoms with Crippen LogP contribution in [0, 0.1) is 0 Å². The molecular weight excluding hydrogens is 268 g/mol. The Morgan fingerprint density at radius 2 is 1.43 bits per heavy atom. The molecule has 1 rings (SSSR count). The molecule has 2 N–H and O–H groups in total. The van der Waals surface area contributed by atoms with Crippen molar-refractivity contribution in [3.8, 4) is 17.2 Å². The molecule has 0 amide bonds. The molecule has 0 spiro atoms. The smallest absolute Gasteiger partial charge is 0.164 e. The minimum Gasteiger partial charge on any atom is -0.496 e. The Kier molecular flexibility index (Phi) is 6.78. The second kappa shape index (κ2) is 8.10. The lowest BCUT2D eigenvalue weighted by molar-refractivity contribution is 0.347. The number of methoxy groups -OCH3 is 3. The molecule has 5 heteroatoms. The van der Waals surface area contributed by atoms with Crippen LogP contribution in [0.2, 0.25) is 0 Å². The normalized spacial score (nSPS) is 11.3. The van der Waals surface area contributed by atoms with Gasteiger partial charge in [0.05, 0.1) is 21.3 Å². The molecule has 0 aliphatic carbocycles. The van der Waals surface area contributed by atoms with Crippen molar-refractivity contribution in [2.24, 2.45) is 0 Å². The maximum Gasteiger partial charge on any atom is 0.164 e. The second-order valence-electron chi connectivity index (χ2n) is 5.87. The van der Waals surface area contributed by atoms with Gasteiger partial charge in [-0.2, -0.15) is 0 Å². The number of benzene rings is 1. The summed E-state index contributed by atoms with van der Waals surface area (Å²) in [5.74, 6) is 2.18. The zero-order valence-corrected chi connectivity index (χ0v) is 14.0. The second-order valence-corrected chi connectivity index (χ2v) is 5.87. The molecule has 0 atom stereocenters. The number of hydrogen-bond donors (Lipinski definition) is 2. The maximum absolute atomic E-state index is 5.41. The Hall–Kier alpha value is -1.46. The van der Waals surface area contributed by atoms with Gasteiger partial charge >= 0.3 is 0 Å². The zero-order chi connectivity index (χ0) is 15.9. The Morgan fingerprint density at radius 1 is 0.857 bits per heavy atom. The van der Waals surface area contributed by atoms with Crippen LogP contribution >= 0.6 is 0 Å². The first-order valence-corrected chi connectivity index (χ1v) is 7.16. The molecule has 0 aromatic heterocycles. The van der Waals surface area contributed by atoms with E-state index in [4.69, 9.17) is 14.2 Å². The monoisotopic (exact) mass is 296 g/mol. The van der Waals surface area contributed by atoms with Gasteiger partial charge in [0.15, 0.2) is 11.5 Å². The van der Waals surface area contributed by atoms with Crippen molar-refractivity contribution < 1.29 is 14.2 Å². The van der Waals surface area contributed by atoms with Gasteiger partial charge < -0.3 is 24.8 Å². The van der Waals surface area contributed by atoms with Crippen LogP contribution in [0.15, 0.2) is 12.1 Å². The highest BCUT2D eigenvalue weighted by molar-refractivity contribution is 5.50. The van der Waals surface area contributed by atoms with Gasteiger partial charge in [-0.25, -0.2) is 0 Å². The Bertz CT molecular complexity index is 442. The van der Waals surface area contributed by atoms with Gasteiger partial charge in [-0.05, 0) is 26.8 Å². The van der Waals surface area contributed by atoms with E-state index in [9.17, 15) is 0 Å². The van der Waals surface area contributed by atoms with E-state index in [0.29, 0.717) is 11.5 Å². The van der Waals surface area contributed by atoms with Crippen molar-refractivity contribution in [1.82, 2.24) is 10.6 Å². The van der Waals surface area contributed by atoms with Crippen LogP contribution in [0.4, 0.5) is 0 Å². The third-order valence-corrected chi connectivity index (χ3v) is 3.06. The molecule has 0 saturated carbocycles. The SMILES string of the molecule is COc1cc(OC)c(OC)cc1CNCCNC(C)(C)C. The molecule has 0 heterocycles. The lowest BCUT2D eigenvalue weighted by atomic mass is 10.1. The summed E-state index contributed by atoms with van der Waals surface area (Å²) in [5, 5.41) is 6.84. The van der Waals surface area contributed by atoms with Crippen LogP contribution in [0.1, 0.15) is 26.3 Å². The van der Waals surface area contributed by atoms with E-state index in [1.54, 1.807) is 21.3 Å². The summed E-state index contributed by atoms with van der Waals surface area (Å²) in [4.78, 5) is 0. The number of nitrogens with one attached hydrogen (secondary N) is 2. The standard InChI is InChI=1S/C16H28N2O3/c1-16(2,3)18-8-7-17-11-12-9-14(20-5)15(21-6)10-13(12)19-4/h9-10,17-18H,7-8,11H2,1-6H3. The first-order chi connectivity index (χ1) is 9.91. The van der Waals surface area contributed by atoms with E-state index < -0.39 is 0 Å². The van der Waals surface area contributed by atoms with E-state index in [1.165, 1.54) is 0 Å². The van der Waals surface area contributed by atoms with E-state index in [2.05, 4.69) is 31.4 Å². The van der Waals surface area contributed by atoms with E-state index in [0.717, 1.165) is 30.9 Å². The van der Waals surface area contributed by atoms with E-state index in [-0.39, 0.29) is 5.54 Å². The van der Waals surface area contributed by atoms with Gasteiger partial charge in [0.2, 0.25) is 0 Å². The lowest BCUT2D eigenvalue weighted by Gasteiger charge is -2.20. The lowest BCUT2D eigenvalue weighted by Crippen LogP contribution is -2.40. The number of ether oxygens (including phenoxy) is 3. The van der Waals surface area contributed by atoms with Gasteiger partial charge in [-0.15, -0.1) is 0 Å². The number of rotatable bonds is 8. The highest BCUT2D eigenvalue weighted by Gasteiger charge is 2.12. The van der Waals surface area contributed by atoms with Crippen molar-refractivity contribution in [3.63, 3.8) is 0 Å². The molecule has 0 radical (unpaired) electrons. The molecule has 1 aromatic rings. The minimum atomic E-state index is 0.142. The van der Waals surface area contributed by atoms with E-state index in [1.807, 2.05) is 12.1 Å². The topological polar surface area (TPSA) is 51.8 Å². The van der Waals surface area contributed by atoms with Crippen LogP contribution < -0.4 is 24.8 Å². The van der Waals surface area contributed by atoms with Crippen LogP contribution in [0.25, 0.3) is 0 Å². The highest BCUT2D eigenvalue weighted by atomic mass is 16.5. The molecule has 0 aliphatic heterocycles. The van der Waals surface area contributed by atoms with Crippen LogP contribution in [-0.4, -0.2) is 40.0 Å². The van der Waals surface area contributed by atoms with Crippen molar-refractivity contribution in [3.05, 3.63) is 17.7 Å². The summed E-state index contributed by atoms with van der Waals surface area (Å²) in [6, 6.07) is 3.80. The summed E-state index contributed by atoms with van der Waals surface area (Å²) >= 11 is 0.